The Morgan fingerprint density at radius 1 is 0.919 bits per heavy atom. The number of nitrogens with one attached hydrogen (secondary N) is 1. The van der Waals surface area contributed by atoms with Gasteiger partial charge in [0.2, 0.25) is 15.9 Å². The van der Waals surface area contributed by atoms with Gasteiger partial charge in [-0.3, -0.25) is 4.79 Å². The first-order valence-electron chi connectivity index (χ1n) is 14.3. The lowest BCUT2D eigenvalue weighted by Gasteiger charge is -2.57. The van der Waals surface area contributed by atoms with Crippen LogP contribution < -0.4 is 5.32 Å². The van der Waals surface area contributed by atoms with Gasteiger partial charge in [-0.2, -0.15) is 0 Å². The molecule has 7 rings (SSSR count). The fraction of sp³-hybridized carbons (Fsp3) is 0.581. The molecule has 0 radical (unpaired) electrons. The summed E-state index contributed by atoms with van der Waals surface area (Å²) in [6.07, 6.45) is 11.1. The molecule has 1 atom stereocenters. The molecule has 198 valence electrons. The second-order valence-electron chi connectivity index (χ2n) is 12.4. The predicted octanol–water partition coefficient (Wildman–Crippen LogP) is 5.77. The summed E-state index contributed by atoms with van der Waals surface area (Å²) in [6.45, 7) is 0.794. The summed E-state index contributed by atoms with van der Waals surface area (Å²) in [6, 6.07) is 18.6. The van der Waals surface area contributed by atoms with E-state index >= 15 is 0 Å². The van der Waals surface area contributed by atoms with Gasteiger partial charge in [0.25, 0.3) is 0 Å². The quantitative estimate of drug-likeness (QED) is 0.481. The van der Waals surface area contributed by atoms with Crippen LogP contribution in [-0.2, 0) is 26.7 Å². The Labute approximate surface area is 222 Å². The highest BCUT2D eigenvalue weighted by molar-refractivity contribution is 7.89. The van der Waals surface area contributed by atoms with Crippen molar-refractivity contribution in [3.63, 3.8) is 0 Å². The highest BCUT2D eigenvalue weighted by Gasteiger charge is 2.51. The van der Waals surface area contributed by atoms with Gasteiger partial charge in [0.1, 0.15) is 0 Å². The van der Waals surface area contributed by atoms with Gasteiger partial charge < -0.3 is 5.32 Å². The SMILES string of the molecule is O=C(Nc1ccc(C23CC4CC(CC(C4)C2)C3)cc1)[C@H]1CCCN(S(=O)(=O)CCCc2ccccc2)C1. The third kappa shape index (κ3) is 5.37. The first-order chi connectivity index (χ1) is 17.9. The number of hydrogen-bond donors (Lipinski definition) is 1. The molecule has 1 N–H and O–H groups in total. The van der Waals surface area contributed by atoms with Crippen molar-refractivity contribution < 1.29 is 13.2 Å². The lowest BCUT2D eigenvalue weighted by atomic mass is 9.48. The fourth-order valence-electron chi connectivity index (χ4n) is 8.26. The number of aryl methyl sites for hydroxylation is 1. The zero-order valence-corrected chi connectivity index (χ0v) is 22.6. The van der Waals surface area contributed by atoms with E-state index in [2.05, 4.69) is 29.6 Å². The van der Waals surface area contributed by atoms with Gasteiger partial charge in [0, 0.05) is 18.8 Å². The van der Waals surface area contributed by atoms with E-state index in [0.29, 0.717) is 18.4 Å². The number of anilines is 1. The minimum absolute atomic E-state index is 0.0632. The highest BCUT2D eigenvalue weighted by atomic mass is 32.2. The number of carbonyl (C=O) groups is 1. The summed E-state index contributed by atoms with van der Waals surface area (Å²) >= 11 is 0. The number of benzene rings is 2. The van der Waals surface area contributed by atoms with E-state index in [4.69, 9.17) is 0 Å². The molecular weight excluding hydrogens is 480 g/mol. The molecule has 1 heterocycles. The largest absolute Gasteiger partial charge is 0.326 e. The number of nitrogens with zero attached hydrogens (tertiary/aromatic N) is 1. The van der Waals surface area contributed by atoms with Crippen molar-refractivity contribution in [2.75, 3.05) is 24.2 Å². The van der Waals surface area contributed by atoms with Crippen LogP contribution in [-0.4, -0.2) is 37.5 Å². The molecule has 2 aromatic carbocycles. The van der Waals surface area contributed by atoms with E-state index in [-0.39, 0.29) is 24.1 Å². The fourth-order valence-corrected chi connectivity index (χ4v) is 9.84. The molecule has 1 aliphatic heterocycles. The molecule has 0 unspecified atom stereocenters. The summed E-state index contributed by atoms with van der Waals surface area (Å²) in [7, 11) is -3.37. The average molecular weight is 521 g/mol. The molecule has 5 aliphatic rings. The standard InChI is InChI=1S/C31H40N2O3S/c34-30(27-9-4-14-33(22-27)37(35,36)15-5-8-23-6-2-1-3-7-23)32-29-12-10-28(11-13-29)31-19-24-16-25(20-31)18-26(17-24)21-31/h1-3,6-7,10-13,24-27H,4-5,8-9,14-22H2,(H,32,34)/t24?,25?,26?,27-,31?/m0/s1. The maximum absolute atomic E-state index is 13.1. The molecule has 37 heavy (non-hydrogen) atoms. The Kier molecular flexibility index (Phi) is 6.91. The van der Waals surface area contributed by atoms with Gasteiger partial charge in [0.15, 0.2) is 0 Å². The third-order valence-electron chi connectivity index (χ3n) is 9.66. The Bertz CT molecular complexity index is 1170. The molecule has 5 fully saturated rings. The first kappa shape index (κ1) is 25.1. The Hall–Kier alpha value is -2.18. The number of carbonyl (C=O) groups excluding carboxylic acids is 1. The van der Waals surface area contributed by atoms with Crippen LogP contribution in [0.2, 0.25) is 0 Å². The van der Waals surface area contributed by atoms with Gasteiger partial charge in [-0.05, 0) is 111 Å². The number of rotatable bonds is 8. The maximum Gasteiger partial charge on any atom is 0.228 e. The minimum atomic E-state index is -3.37. The van der Waals surface area contributed by atoms with E-state index < -0.39 is 10.0 Å². The van der Waals surface area contributed by atoms with E-state index in [1.807, 2.05) is 30.3 Å². The Balaban J connectivity index is 1.04. The Morgan fingerprint density at radius 3 is 2.22 bits per heavy atom. The van der Waals surface area contributed by atoms with Gasteiger partial charge >= 0.3 is 0 Å². The zero-order valence-electron chi connectivity index (χ0n) is 21.8. The van der Waals surface area contributed by atoms with Crippen molar-refractivity contribution in [3.05, 3.63) is 65.7 Å². The van der Waals surface area contributed by atoms with Gasteiger partial charge in [0.05, 0.1) is 11.7 Å². The van der Waals surface area contributed by atoms with Crippen LogP contribution in [0.5, 0.6) is 0 Å². The van der Waals surface area contributed by atoms with Crippen LogP contribution in [0, 0.1) is 23.7 Å². The smallest absolute Gasteiger partial charge is 0.228 e. The first-order valence-corrected chi connectivity index (χ1v) is 15.9. The topological polar surface area (TPSA) is 66.5 Å². The van der Waals surface area contributed by atoms with Crippen LogP contribution in [0.1, 0.15) is 68.9 Å². The van der Waals surface area contributed by atoms with Crippen molar-refractivity contribution >= 4 is 21.6 Å². The molecular formula is C31H40N2O3S. The van der Waals surface area contributed by atoms with Gasteiger partial charge in [-0.15, -0.1) is 0 Å². The van der Waals surface area contributed by atoms with Crippen LogP contribution in [0.25, 0.3) is 0 Å². The summed E-state index contributed by atoms with van der Waals surface area (Å²) in [5, 5.41) is 3.09. The average Bonchev–Trinajstić information content (AvgIpc) is 2.89. The Morgan fingerprint density at radius 2 is 1.57 bits per heavy atom. The molecule has 2 aromatic rings. The molecule has 6 heteroatoms. The predicted molar refractivity (Wildman–Crippen MR) is 148 cm³/mol. The summed E-state index contributed by atoms with van der Waals surface area (Å²) in [5.74, 6) is 2.49. The summed E-state index contributed by atoms with van der Waals surface area (Å²) in [5.41, 5.74) is 3.79. The van der Waals surface area contributed by atoms with Crippen LogP contribution in [0.15, 0.2) is 54.6 Å². The number of hydrogen-bond acceptors (Lipinski definition) is 3. The number of amides is 1. The van der Waals surface area contributed by atoms with E-state index in [1.54, 1.807) is 4.31 Å². The number of piperidine rings is 1. The molecule has 4 aliphatic carbocycles. The normalized spacial score (nSPS) is 31.4. The molecule has 1 amide bonds. The van der Waals surface area contributed by atoms with E-state index in [9.17, 15) is 13.2 Å². The van der Waals surface area contributed by atoms with Crippen molar-refractivity contribution in [2.24, 2.45) is 23.7 Å². The highest BCUT2D eigenvalue weighted by Crippen LogP contribution is 2.60. The summed E-state index contributed by atoms with van der Waals surface area (Å²) in [4.78, 5) is 13.1. The molecule has 0 spiro atoms. The lowest BCUT2D eigenvalue weighted by molar-refractivity contribution is -0.120. The van der Waals surface area contributed by atoms with E-state index in [1.165, 1.54) is 44.1 Å². The molecule has 1 saturated heterocycles. The van der Waals surface area contributed by atoms with Crippen molar-refractivity contribution in [2.45, 2.75) is 69.6 Å². The van der Waals surface area contributed by atoms with Crippen molar-refractivity contribution in [1.82, 2.24) is 4.31 Å². The van der Waals surface area contributed by atoms with Crippen LogP contribution in [0.4, 0.5) is 5.69 Å². The van der Waals surface area contributed by atoms with Crippen LogP contribution >= 0.6 is 0 Å². The second-order valence-corrected chi connectivity index (χ2v) is 14.5. The molecule has 4 bridgehead atoms. The summed E-state index contributed by atoms with van der Waals surface area (Å²) < 4.78 is 27.5. The maximum atomic E-state index is 13.1. The third-order valence-corrected chi connectivity index (χ3v) is 11.6. The monoisotopic (exact) mass is 520 g/mol. The second kappa shape index (κ2) is 10.2. The van der Waals surface area contributed by atoms with Crippen LogP contribution in [0.3, 0.4) is 0 Å². The zero-order chi connectivity index (χ0) is 25.5. The molecule has 0 aromatic heterocycles. The number of sulfonamides is 1. The van der Waals surface area contributed by atoms with Crippen molar-refractivity contribution in [1.29, 1.82) is 0 Å². The van der Waals surface area contributed by atoms with E-state index in [0.717, 1.165) is 48.3 Å². The molecule has 4 saturated carbocycles. The lowest BCUT2D eigenvalue weighted by Crippen LogP contribution is -2.48. The van der Waals surface area contributed by atoms with Gasteiger partial charge in [-0.25, -0.2) is 12.7 Å². The van der Waals surface area contributed by atoms with Crippen molar-refractivity contribution in [3.8, 4) is 0 Å². The molecule has 5 nitrogen and oxygen atoms in total. The minimum Gasteiger partial charge on any atom is -0.326 e. The van der Waals surface area contributed by atoms with Gasteiger partial charge in [-0.1, -0.05) is 42.5 Å².